The van der Waals surface area contributed by atoms with E-state index >= 15 is 0 Å². The minimum absolute atomic E-state index is 0.0297. The highest BCUT2D eigenvalue weighted by Gasteiger charge is 2.33. The SMILES string of the molecule is CC(Nc1ccccc1C(F)(F)F)c1ccc(F)c(Cl)c1. The molecule has 0 saturated heterocycles. The maximum absolute atomic E-state index is 13.1. The van der Waals surface area contributed by atoms with Gasteiger partial charge in [0.05, 0.1) is 10.6 Å². The van der Waals surface area contributed by atoms with Gasteiger partial charge in [-0.05, 0) is 36.8 Å². The molecule has 0 aliphatic carbocycles. The first-order valence-corrected chi connectivity index (χ1v) is 6.54. The molecule has 1 unspecified atom stereocenters. The fourth-order valence-corrected chi connectivity index (χ4v) is 2.14. The molecule has 0 aliphatic rings. The summed E-state index contributed by atoms with van der Waals surface area (Å²) in [5.41, 5.74) is -0.179. The molecule has 6 heteroatoms. The van der Waals surface area contributed by atoms with E-state index in [0.29, 0.717) is 5.56 Å². The predicted octanol–water partition coefficient (Wildman–Crippen LogP) is 5.67. The van der Waals surface area contributed by atoms with Gasteiger partial charge in [0.2, 0.25) is 0 Å². The number of para-hydroxylation sites is 1. The summed E-state index contributed by atoms with van der Waals surface area (Å²) in [6, 6.07) is 8.81. The summed E-state index contributed by atoms with van der Waals surface area (Å²) >= 11 is 5.68. The van der Waals surface area contributed by atoms with Crippen LogP contribution in [0.2, 0.25) is 5.02 Å². The van der Waals surface area contributed by atoms with E-state index in [-0.39, 0.29) is 10.7 Å². The lowest BCUT2D eigenvalue weighted by atomic mass is 10.1. The number of nitrogens with one attached hydrogen (secondary N) is 1. The molecule has 2 aromatic carbocycles. The van der Waals surface area contributed by atoms with Crippen LogP contribution in [-0.2, 0) is 6.18 Å². The largest absolute Gasteiger partial charge is 0.418 e. The fraction of sp³-hybridized carbons (Fsp3) is 0.200. The van der Waals surface area contributed by atoms with E-state index in [9.17, 15) is 17.6 Å². The molecule has 1 N–H and O–H groups in total. The molecular formula is C15H12ClF4N. The zero-order valence-corrected chi connectivity index (χ0v) is 11.8. The van der Waals surface area contributed by atoms with Crippen LogP contribution in [-0.4, -0.2) is 0 Å². The molecule has 21 heavy (non-hydrogen) atoms. The van der Waals surface area contributed by atoms with Crippen LogP contribution in [0.4, 0.5) is 23.2 Å². The van der Waals surface area contributed by atoms with Gasteiger partial charge >= 0.3 is 6.18 Å². The minimum atomic E-state index is -4.44. The van der Waals surface area contributed by atoms with Crippen molar-refractivity contribution in [2.45, 2.75) is 19.1 Å². The second-order valence-electron chi connectivity index (χ2n) is 4.58. The Balaban J connectivity index is 2.27. The Bertz CT molecular complexity index is 640. The van der Waals surface area contributed by atoms with E-state index in [2.05, 4.69) is 5.32 Å². The molecule has 0 radical (unpaired) electrons. The van der Waals surface area contributed by atoms with Crippen LogP contribution in [0.5, 0.6) is 0 Å². The molecule has 0 amide bonds. The van der Waals surface area contributed by atoms with Crippen molar-refractivity contribution in [3.8, 4) is 0 Å². The topological polar surface area (TPSA) is 12.0 Å². The second kappa shape index (κ2) is 5.93. The summed E-state index contributed by atoms with van der Waals surface area (Å²) < 4.78 is 51.8. The van der Waals surface area contributed by atoms with Crippen LogP contribution in [0.25, 0.3) is 0 Å². The molecule has 1 atom stereocenters. The Labute approximate surface area is 124 Å². The minimum Gasteiger partial charge on any atom is -0.378 e. The van der Waals surface area contributed by atoms with Gasteiger partial charge in [-0.2, -0.15) is 13.2 Å². The number of hydrogen-bond acceptors (Lipinski definition) is 1. The first-order chi connectivity index (χ1) is 9.79. The molecular weight excluding hydrogens is 306 g/mol. The zero-order valence-electron chi connectivity index (χ0n) is 11.0. The van der Waals surface area contributed by atoms with Crippen LogP contribution < -0.4 is 5.32 Å². The quantitative estimate of drug-likeness (QED) is 0.719. The Morgan fingerprint density at radius 1 is 1.10 bits per heavy atom. The number of halogens is 5. The summed E-state index contributed by atoms with van der Waals surface area (Å²) in [6.07, 6.45) is -4.44. The van der Waals surface area contributed by atoms with Gasteiger partial charge in [0, 0.05) is 11.7 Å². The van der Waals surface area contributed by atoms with Crippen LogP contribution >= 0.6 is 11.6 Å². The Kier molecular flexibility index (Phi) is 4.42. The smallest absolute Gasteiger partial charge is 0.378 e. The van der Waals surface area contributed by atoms with Crippen LogP contribution in [0.1, 0.15) is 24.1 Å². The van der Waals surface area contributed by atoms with E-state index < -0.39 is 23.6 Å². The second-order valence-corrected chi connectivity index (χ2v) is 4.99. The van der Waals surface area contributed by atoms with Crippen molar-refractivity contribution in [3.63, 3.8) is 0 Å². The first-order valence-electron chi connectivity index (χ1n) is 6.16. The molecule has 2 aromatic rings. The summed E-state index contributed by atoms with van der Waals surface area (Å²) in [6.45, 7) is 1.68. The average Bonchev–Trinajstić information content (AvgIpc) is 2.41. The third-order valence-electron chi connectivity index (χ3n) is 3.05. The van der Waals surface area contributed by atoms with E-state index in [1.54, 1.807) is 6.92 Å². The first kappa shape index (κ1) is 15.6. The Morgan fingerprint density at radius 3 is 2.38 bits per heavy atom. The van der Waals surface area contributed by atoms with Crippen LogP contribution in [0.15, 0.2) is 42.5 Å². The third kappa shape index (κ3) is 3.67. The molecule has 0 fully saturated rings. The highest BCUT2D eigenvalue weighted by atomic mass is 35.5. The van der Waals surface area contributed by atoms with Crippen LogP contribution in [0.3, 0.4) is 0 Å². The number of rotatable bonds is 3. The monoisotopic (exact) mass is 317 g/mol. The van der Waals surface area contributed by atoms with Crippen molar-refractivity contribution in [2.24, 2.45) is 0 Å². The van der Waals surface area contributed by atoms with Crippen molar-refractivity contribution in [2.75, 3.05) is 5.32 Å². The van der Waals surface area contributed by atoms with Crippen molar-refractivity contribution in [1.29, 1.82) is 0 Å². The maximum atomic E-state index is 13.1. The molecule has 0 aromatic heterocycles. The normalized spacial score (nSPS) is 13.0. The van der Waals surface area contributed by atoms with Gasteiger partial charge in [-0.1, -0.05) is 29.8 Å². The molecule has 1 nitrogen and oxygen atoms in total. The highest BCUT2D eigenvalue weighted by molar-refractivity contribution is 6.30. The lowest BCUT2D eigenvalue weighted by molar-refractivity contribution is -0.137. The van der Waals surface area contributed by atoms with E-state index in [0.717, 1.165) is 6.07 Å². The molecule has 0 aliphatic heterocycles. The van der Waals surface area contributed by atoms with E-state index in [4.69, 9.17) is 11.6 Å². The summed E-state index contributed by atoms with van der Waals surface area (Å²) in [4.78, 5) is 0. The van der Waals surface area contributed by atoms with E-state index in [1.165, 1.54) is 36.4 Å². The van der Waals surface area contributed by atoms with Gasteiger partial charge < -0.3 is 5.32 Å². The summed E-state index contributed by atoms with van der Waals surface area (Å²) in [5.74, 6) is -0.566. The molecule has 0 bridgehead atoms. The van der Waals surface area contributed by atoms with Gasteiger partial charge in [-0.3, -0.25) is 0 Å². The van der Waals surface area contributed by atoms with Crippen molar-refractivity contribution in [1.82, 2.24) is 0 Å². The van der Waals surface area contributed by atoms with Crippen molar-refractivity contribution >= 4 is 17.3 Å². The number of alkyl halides is 3. The number of benzene rings is 2. The number of anilines is 1. The third-order valence-corrected chi connectivity index (χ3v) is 3.34. The Morgan fingerprint density at radius 2 is 1.76 bits per heavy atom. The van der Waals surface area contributed by atoms with Gasteiger partial charge in [0.15, 0.2) is 0 Å². The van der Waals surface area contributed by atoms with E-state index in [1.807, 2.05) is 0 Å². The van der Waals surface area contributed by atoms with Gasteiger partial charge in [-0.15, -0.1) is 0 Å². The summed E-state index contributed by atoms with van der Waals surface area (Å²) in [7, 11) is 0. The average molecular weight is 318 g/mol. The molecule has 112 valence electrons. The maximum Gasteiger partial charge on any atom is 0.418 e. The van der Waals surface area contributed by atoms with Gasteiger partial charge in [0.25, 0.3) is 0 Å². The van der Waals surface area contributed by atoms with Crippen LogP contribution in [0, 0.1) is 5.82 Å². The molecule has 2 rings (SSSR count). The van der Waals surface area contributed by atoms with Crippen molar-refractivity contribution < 1.29 is 17.6 Å². The lowest BCUT2D eigenvalue weighted by Gasteiger charge is -2.20. The number of hydrogen-bond donors (Lipinski definition) is 1. The summed E-state index contributed by atoms with van der Waals surface area (Å²) in [5, 5.41) is 2.71. The van der Waals surface area contributed by atoms with Gasteiger partial charge in [0.1, 0.15) is 5.82 Å². The van der Waals surface area contributed by atoms with Crippen molar-refractivity contribution in [3.05, 3.63) is 64.4 Å². The van der Waals surface area contributed by atoms with Gasteiger partial charge in [-0.25, -0.2) is 4.39 Å². The highest BCUT2D eigenvalue weighted by Crippen LogP contribution is 2.36. The predicted molar refractivity (Wildman–Crippen MR) is 74.9 cm³/mol. The standard InChI is InChI=1S/C15H12ClF4N/c1-9(10-6-7-13(17)12(16)8-10)21-14-5-3-2-4-11(14)15(18,19)20/h2-9,21H,1H3. The zero-order chi connectivity index (χ0) is 15.6. The fourth-order valence-electron chi connectivity index (χ4n) is 1.95. The molecule has 0 spiro atoms. The lowest BCUT2D eigenvalue weighted by Crippen LogP contribution is -2.13. The molecule has 0 heterocycles. The Hall–Kier alpha value is -1.75. The molecule has 0 saturated carbocycles.